The average Bonchev–Trinajstić information content (AvgIpc) is 2.46. The molecule has 0 aliphatic carbocycles. The standard InChI is InChI=1S/C15H10Cl2N2O/c1-9-8-10(6-7-13(9)16)20-15-12-5-3-2-4-11(12)14(17)18-19-15/h2-8H,1H3. The Labute approximate surface area is 126 Å². The maximum atomic E-state index is 6.03. The highest BCUT2D eigenvalue weighted by molar-refractivity contribution is 6.34. The lowest BCUT2D eigenvalue weighted by atomic mass is 10.2. The van der Waals surface area contributed by atoms with E-state index in [2.05, 4.69) is 10.2 Å². The van der Waals surface area contributed by atoms with Crippen LogP contribution in [0.3, 0.4) is 0 Å². The molecule has 1 heterocycles. The molecule has 3 aromatic rings. The highest BCUT2D eigenvalue weighted by Crippen LogP contribution is 2.31. The Morgan fingerprint density at radius 1 is 0.950 bits per heavy atom. The molecule has 0 radical (unpaired) electrons. The van der Waals surface area contributed by atoms with Gasteiger partial charge in [-0.15, -0.1) is 10.2 Å². The van der Waals surface area contributed by atoms with Crippen LogP contribution in [-0.4, -0.2) is 10.2 Å². The molecule has 0 saturated heterocycles. The van der Waals surface area contributed by atoms with Crippen molar-refractivity contribution in [2.24, 2.45) is 0 Å². The van der Waals surface area contributed by atoms with E-state index in [-0.39, 0.29) is 0 Å². The molecular weight excluding hydrogens is 295 g/mol. The van der Waals surface area contributed by atoms with E-state index < -0.39 is 0 Å². The van der Waals surface area contributed by atoms with Gasteiger partial charge in [-0.25, -0.2) is 0 Å². The molecule has 0 fully saturated rings. The van der Waals surface area contributed by atoms with Gasteiger partial charge in [0.2, 0.25) is 5.88 Å². The third-order valence-electron chi connectivity index (χ3n) is 2.95. The largest absolute Gasteiger partial charge is 0.437 e. The topological polar surface area (TPSA) is 35.0 Å². The van der Waals surface area contributed by atoms with Crippen molar-refractivity contribution in [1.82, 2.24) is 10.2 Å². The molecule has 0 bridgehead atoms. The van der Waals surface area contributed by atoms with Crippen LogP contribution >= 0.6 is 23.2 Å². The number of ether oxygens (including phenoxy) is 1. The number of rotatable bonds is 2. The molecule has 0 aliphatic rings. The second-order valence-corrected chi connectivity index (χ2v) is 5.12. The second kappa shape index (κ2) is 5.27. The van der Waals surface area contributed by atoms with Crippen LogP contribution in [-0.2, 0) is 0 Å². The first kappa shape index (κ1) is 13.2. The predicted octanol–water partition coefficient (Wildman–Crippen LogP) is 5.04. The summed E-state index contributed by atoms with van der Waals surface area (Å²) in [5, 5.41) is 10.6. The van der Waals surface area contributed by atoms with Gasteiger partial charge < -0.3 is 4.74 Å². The molecule has 20 heavy (non-hydrogen) atoms. The van der Waals surface area contributed by atoms with E-state index >= 15 is 0 Å². The van der Waals surface area contributed by atoms with Gasteiger partial charge in [0.25, 0.3) is 0 Å². The van der Waals surface area contributed by atoms with E-state index in [0.717, 1.165) is 16.3 Å². The van der Waals surface area contributed by atoms with E-state index in [9.17, 15) is 0 Å². The highest BCUT2D eigenvalue weighted by atomic mass is 35.5. The number of fused-ring (bicyclic) bond motifs is 1. The van der Waals surface area contributed by atoms with Crippen molar-refractivity contribution in [3.63, 3.8) is 0 Å². The SMILES string of the molecule is Cc1cc(Oc2nnc(Cl)c3ccccc23)ccc1Cl. The summed E-state index contributed by atoms with van der Waals surface area (Å²) in [4.78, 5) is 0. The quantitative estimate of drug-likeness (QED) is 0.665. The van der Waals surface area contributed by atoms with Crippen LogP contribution in [0, 0.1) is 6.92 Å². The van der Waals surface area contributed by atoms with Gasteiger partial charge in [-0.1, -0.05) is 41.4 Å². The Balaban J connectivity index is 2.06. The predicted molar refractivity (Wildman–Crippen MR) is 80.8 cm³/mol. The first-order valence-electron chi connectivity index (χ1n) is 6.00. The zero-order valence-corrected chi connectivity index (χ0v) is 12.1. The second-order valence-electron chi connectivity index (χ2n) is 4.35. The van der Waals surface area contributed by atoms with Crippen LogP contribution in [0.25, 0.3) is 10.8 Å². The third kappa shape index (κ3) is 2.42. The fraction of sp³-hybridized carbons (Fsp3) is 0.0667. The van der Waals surface area contributed by atoms with E-state index in [0.29, 0.717) is 21.8 Å². The molecule has 0 saturated carbocycles. The molecule has 3 nitrogen and oxygen atoms in total. The average molecular weight is 305 g/mol. The van der Waals surface area contributed by atoms with Gasteiger partial charge in [-0.05, 0) is 36.8 Å². The van der Waals surface area contributed by atoms with Gasteiger partial charge in [-0.2, -0.15) is 0 Å². The van der Waals surface area contributed by atoms with E-state index in [1.807, 2.05) is 37.3 Å². The number of nitrogens with zero attached hydrogens (tertiary/aromatic N) is 2. The van der Waals surface area contributed by atoms with Crippen molar-refractivity contribution in [3.8, 4) is 11.6 Å². The Morgan fingerprint density at radius 2 is 1.70 bits per heavy atom. The number of hydrogen-bond acceptors (Lipinski definition) is 3. The summed E-state index contributed by atoms with van der Waals surface area (Å²) in [7, 11) is 0. The lowest BCUT2D eigenvalue weighted by Gasteiger charge is -2.08. The molecule has 100 valence electrons. The van der Waals surface area contributed by atoms with E-state index in [4.69, 9.17) is 27.9 Å². The molecule has 5 heteroatoms. The molecule has 2 aromatic carbocycles. The number of aromatic nitrogens is 2. The Morgan fingerprint density at radius 3 is 2.45 bits per heavy atom. The lowest BCUT2D eigenvalue weighted by Crippen LogP contribution is -1.93. The zero-order valence-electron chi connectivity index (χ0n) is 10.6. The van der Waals surface area contributed by atoms with Crippen molar-refractivity contribution in [2.45, 2.75) is 6.92 Å². The van der Waals surface area contributed by atoms with Gasteiger partial charge >= 0.3 is 0 Å². The van der Waals surface area contributed by atoms with Gasteiger partial charge in [-0.3, -0.25) is 0 Å². The first-order valence-corrected chi connectivity index (χ1v) is 6.75. The summed E-state index contributed by atoms with van der Waals surface area (Å²) in [6, 6.07) is 13.0. The van der Waals surface area contributed by atoms with Gasteiger partial charge in [0.05, 0.1) is 0 Å². The van der Waals surface area contributed by atoms with Crippen LogP contribution in [0.15, 0.2) is 42.5 Å². The summed E-state index contributed by atoms with van der Waals surface area (Å²) >= 11 is 12.0. The monoisotopic (exact) mass is 304 g/mol. The minimum atomic E-state index is 0.361. The van der Waals surface area contributed by atoms with Crippen molar-refractivity contribution >= 4 is 34.0 Å². The smallest absolute Gasteiger partial charge is 0.246 e. The van der Waals surface area contributed by atoms with Crippen LogP contribution in [0.1, 0.15) is 5.56 Å². The number of hydrogen-bond donors (Lipinski definition) is 0. The van der Waals surface area contributed by atoms with Gasteiger partial charge in [0, 0.05) is 15.8 Å². The summed E-state index contributed by atoms with van der Waals surface area (Å²) in [6.07, 6.45) is 0. The minimum absolute atomic E-state index is 0.361. The zero-order chi connectivity index (χ0) is 14.1. The minimum Gasteiger partial charge on any atom is -0.437 e. The normalized spacial score (nSPS) is 10.8. The van der Waals surface area contributed by atoms with Crippen molar-refractivity contribution in [1.29, 1.82) is 0 Å². The summed E-state index contributed by atoms with van der Waals surface area (Å²) in [5.41, 5.74) is 0.940. The number of aryl methyl sites for hydroxylation is 1. The highest BCUT2D eigenvalue weighted by Gasteiger charge is 2.09. The van der Waals surface area contributed by atoms with E-state index in [1.54, 1.807) is 12.1 Å². The molecule has 0 unspecified atom stereocenters. The Kier molecular flexibility index (Phi) is 3.47. The fourth-order valence-corrected chi connectivity index (χ4v) is 2.23. The van der Waals surface area contributed by atoms with Crippen LogP contribution < -0.4 is 4.74 Å². The van der Waals surface area contributed by atoms with Gasteiger partial charge in [0.15, 0.2) is 5.15 Å². The fourth-order valence-electron chi connectivity index (χ4n) is 1.91. The van der Waals surface area contributed by atoms with Crippen molar-refractivity contribution in [3.05, 3.63) is 58.2 Å². The third-order valence-corrected chi connectivity index (χ3v) is 3.66. The Hall–Kier alpha value is -1.84. The number of halogens is 2. The molecule has 0 N–H and O–H groups in total. The molecule has 0 amide bonds. The van der Waals surface area contributed by atoms with Crippen LogP contribution in [0.4, 0.5) is 0 Å². The molecule has 1 aromatic heterocycles. The van der Waals surface area contributed by atoms with Gasteiger partial charge in [0.1, 0.15) is 5.75 Å². The summed E-state index contributed by atoms with van der Waals surface area (Å²) in [5.74, 6) is 1.08. The molecule has 0 atom stereocenters. The van der Waals surface area contributed by atoms with Crippen molar-refractivity contribution < 1.29 is 4.74 Å². The van der Waals surface area contributed by atoms with E-state index in [1.165, 1.54) is 0 Å². The lowest BCUT2D eigenvalue weighted by molar-refractivity contribution is 0.461. The maximum absolute atomic E-state index is 6.03. The number of benzene rings is 2. The molecule has 0 aliphatic heterocycles. The van der Waals surface area contributed by atoms with Crippen LogP contribution in [0.2, 0.25) is 10.2 Å². The molecular formula is C15H10Cl2N2O. The summed E-state index contributed by atoms with van der Waals surface area (Å²) in [6.45, 7) is 1.92. The van der Waals surface area contributed by atoms with Crippen molar-refractivity contribution in [2.75, 3.05) is 0 Å². The summed E-state index contributed by atoms with van der Waals surface area (Å²) < 4.78 is 5.79. The Bertz CT molecular complexity index is 790. The molecule has 0 spiro atoms. The first-order chi connectivity index (χ1) is 9.65. The maximum Gasteiger partial charge on any atom is 0.246 e. The van der Waals surface area contributed by atoms with Crippen LogP contribution in [0.5, 0.6) is 11.6 Å². The molecule has 3 rings (SSSR count).